The summed E-state index contributed by atoms with van der Waals surface area (Å²) < 4.78 is 0. The van der Waals surface area contributed by atoms with E-state index in [1.165, 1.54) is 18.3 Å². The van der Waals surface area contributed by atoms with E-state index in [2.05, 4.69) is 10.5 Å². The Morgan fingerprint density at radius 2 is 2.31 bits per heavy atom. The van der Waals surface area contributed by atoms with Crippen molar-refractivity contribution in [1.29, 1.82) is 0 Å². The van der Waals surface area contributed by atoms with Crippen molar-refractivity contribution in [3.63, 3.8) is 0 Å². The second-order valence-corrected chi connectivity index (χ2v) is 2.64. The Morgan fingerprint density at radius 3 is 3.00 bits per heavy atom. The molecule has 0 aliphatic rings. The van der Waals surface area contributed by atoms with Gasteiger partial charge in [-0.3, -0.25) is 4.79 Å². The SMILES string of the molecule is O=CN/N=C/c1cc(Cl)ccc1O. The van der Waals surface area contributed by atoms with Crippen LogP contribution < -0.4 is 5.43 Å². The number of carbonyl (C=O) groups excluding carboxylic acids is 1. The minimum Gasteiger partial charge on any atom is -0.507 e. The van der Waals surface area contributed by atoms with Crippen molar-refractivity contribution >= 4 is 24.2 Å². The van der Waals surface area contributed by atoms with Gasteiger partial charge in [-0.25, -0.2) is 5.43 Å². The quantitative estimate of drug-likeness (QED) is 0.435. The van der Waals surface area contributed by atoms with Crippen molar-refractivity contribution < 1.29 is 9.90 Å². The fraction of sp³-hybridized carbons (Fsp3) is 0. The molecule has 13 heavy (non-hydrogen) atoms. The lowest BCUT2D eigenvalue weighted by molar-refractivity contribution is -0.109. The lowest BCUT2D eigenvalue weighted by Gasteiger charge is -1.97. The fourth-order valence-electron chi connectivity index (χ4n) is 0.766. The average molecular weight is 199 g/mol. The topological polar surface area (TPSA) is 61.7 Å². The van der Waals surface area contributed by atoms with Gasteiger partial charge in [0.1, 0.15) is 5.75 Å². The minimum atomic E-state index is 0.0563. The first-order valence-corrected chi connectivity index (χ1v) is 3.82. The minimum absolute atomic E-state index is 0.0563. The molecule has 0 aliphatic carbocycles. The Labute approximate surface area is 79.8 Å². The summed E-state index contributed by atoms with van der Waals surface area (Å²) in [7, 11) is 0. The summed E-state index contributed by atoms with van der Waals surface area (Å²) in [6, 6.07) is 4.54. The van der Waals surface area contributed by atoms with Gasteiger partial charge in [-0.15, -0.1) is 0 Å². The van der Waals surface area contributed by atoms with Gasteiger partial charge in [-0.05, 0) is 18.2 Å². The van der Waals surface area contributed by atoms with Gasteiger partial charge in [-0.2, -0.15) is 5.10 Å². The highest BCUT2D eigenvalue weighted by atomic mass is 35.5. The van der Waals surface area contributed by atoms with Crippen LogP contribution in [0, 0.1) is 0 Å². The van der Waals surface area contributed by atoms with E-state index in [4.69, 9.17) is 11.6 Å². The van der Waals surface area contributed by atoms with Crippen LogP contribution in [0.1, 0.15) is 5.56 Å². The molecule has 0 saturated carbocycles. The summed E-state index contributed by atoms with van der Waals surface area (Å²) in [5.74, 6) is 0.0563. The predicted octanol–water partition coefficient (Wildman–Crippen LogP) is 1.13. The molecule has 1 aromatic carbocycles. The van der Waals surface area contributed by atoms with Gasteiger partial charge in [0.2, 0.25) is 6.41 Å². The molecule has 68 valence electrons. The van der Waals surface area contributed by atoms with E-state index >= 15 is 0 Å². The van der Waals surface area contributed by atoms with E-state index in [9.17, 15) is 9.90 Å². The second-order valence-electron chi connectivity index (χ2n) is 2.21. The lowest BCUT2D eigenvalue weighted by atomic mass is 10.2. The zero-order valence-corrected chi connectivity index (χ0v) is 7.32. The third kappa shape index (κ3) is 2.76. The number of halogens is 1. The summed E-state index contributed by atoms with van der Waals surface area (Å²) in [5.41, 5.74) is 2.52. The summed E-state index contributed by atoms with van der Waals surface area (Å²) in [6.07, 6.45) is 1.73. The smallest absolute Gasteiger partial charge is 0.227 e. The summed E-state index contributed by atoms with van der Waals surface area (Å²) >= 11 is 5.67. The number of carbonyl (C=O) groups is 1. The molecular weight excluding hydrogens is 192 g/mol. The number of phenols is 1. The highest BCUT2D eigenvalue weighted by Crippen LogP contribution is 2.19. The summed E-state index contributed by atoms with van der Waals surface area (Å²) in [4.78, 5) is 9.83. The molecule has 0 saturated heterocycles. The number of phenolic OH excluding ortho intramolecular Hbond substituents is 1. The maximum absolute atomic E-state index is 9.83. The average Bonchev–Trinajstić information content (AvgIpc) is 2.11. The molecule has 1 amide bonds. The first-order chi connectivity index (χ1) is 6.24. The predicted molar refractivity (Wildman–Crippen MR) is 49.9 cm³/mol. The van der Waals surface area contributed by atoms with Gasteiger partial charge in [0.15, 0.2) is 0 Å². The molecule has 0 aromatic heterocycles. The molecule has 1 rings (SSSR count). The van der Waals surface area contributed by atoms with E-state index in [-0.39, 0.29) is 5.75 Å². The van der Waals surface area contributed by atoms with Crippen LogP contribution in [0.4, 0.5) is 0 Å². The van der Waals surface area contributed by atoms with E-state index in [0.717, 1.165) is 0 Å². The summed E-state index contributed by atoms with van der Waals surface area (Å²) in [5, 5.41) is 13.3. The van der Waals surface area contributed by atoms with Crippen molar-refractivity contribution in [3.05, 3.63) is 28.8 Å². The van der Waals surface area contributed by atoms with Gasteiger partial charge >= 0.3 is 0 Å². The molecule has 2 N–H and O–H groups in total. The van der Waals surface area contributed by atoms with Gasteiger partial charge in [-0.1, -0.05) is 11.6 Å². The Balaban J connectivity index is 2.86. The van der Waals surface area contributed by atoms with E-state index in [0.29, 0.717) is 17.0 Å². The first kappa shape index (κ1) is 9.54. The van der Waals surface area contributed by atoms with Crippen molar-refractivity contribution in [3.8, 4) is 5.75 Å². The summed E-state index contributed by atoms with van der Waals surface area (Å²) in [6.45, 7) is 0. The van der Waals surface area contributed by atoms with E-state index < -0.39 is 0 Å². The van der Waals surface area contributed by atoms with Crippen molar-refractivity contribution in [2.45, 2.75) is 0 Å². The number of hydrazone groups is 1. The zero-order valence-electron chi connectivity index (χ0n) is 6.57. The molecule has 0 fully saturated rings. The van der Waals surface area contributed by atoms with Crippen molar-refractivity contribution in [1.82, 2.24) is 5.43 Å². The Bertz CT molecular complexity index is 339. The fourth-order valence-corrected chi connectivity index (χ4v) is 0.947. The molecule has 0 bridgehead atoms. The van der Waals surface area contributed by atoms with Crippen molar-refractivity contribution in [2.75, 3.05) is 0 Å². The van der Waals surface area contributed by atoms with Crippen LogP contribution in [0.5, 0.6) is 5.75 Å². The number of benzene rings is 1. The standard InChI is InChI=1S/C8H7ClN2O2/c9-7-1-2-8(13)6(3-7)4-10-11-5-12/h1-5,13H,(H,11,12)/b10-4+. The van der Waals surface area contributed by atoms with Gasteiger partial charge in [0.25, 0.3) is 0 Å². The monoisotopic (exact) mass is 198 g/mol. The van der Waals surface area contributed by atoms with Gasteiger partial charge < -0.3 is 5.11 Å². The molecule has 0 unspecified atom stereocenters. The number of amides is 1. The maximum atomic E-state index is 9.83. The molecule has 0 aliphatic heterocycles. The van der Waals surface area contributed by atoms with Gasteiger partial charge in [0, 0.05) is 10.6 Å². The number of hydrogen-bond acceptors (Lipinski definition) is 3. The van der Waals surface area contributed by atoms with Crippen LogP contribution >= 0.6 is 11.6 Å². The Kier molecular flexibility index (Phi) is 3.28. The number of hydrogen-bond donors (Lipinski definition) is 2. The van der Waals surface area contributed by atoms with Crippen LogP contribution in [0.25, 0.3) is 0 Å². The van der Waals surface area contributed by atoms with E-state index in [1.807, 2.05) is 0 Å². The molecular formula is C8H7ClN2O2. The maximum Gasteiger partial charge on any atom is 0.227 e. The number of aromatic hydroxyl groups is 1. The number of nitrogens with zero attached hydrogens (tertiary/aromatic N) is 1. The van der Waals surface area contributed by atoms with Crippen molar-refractivity contribution in [2.24, 2.45) is 5.10 Å². The highest BCUT2D eigenvalue weighted by Gasteiger charge is 1.97. The van der Waals surface area contributed by atoms with Gasteiger partial charge in [0.05, 0.1) is 6.21 Å². The second kappa shape index (κ2) is 4.47. The number of nitrogens with one attached hydrogen (secondary N) is 1. The third-order valence-electron chi connectivity index (χ3n) is 1.32. The number of rotatable bonds is 3. The molecule has 1 aromatic rings. The zero-order chi connectivity index (χ0) is 9.68. The van der Waals surface area contributed by atoms with Crippen LogP contribution in [-0.4, -0.2) is 17.7 Å². The van der Waals surface area contributed by atoms with Crippen LogP contribution in [0.2, 0.25) is 5.02 Å². The Morgan fingerprint density at radius 1 is 1.54 bits per heavy atom. The lowest BCUT2D eigenvalue weighted by Crippen LogP contribution is -2.00. The molecule has 0 atom stereocenters. The molecule has 4 nitrogen and oxygen atoms in total. The molecule has 5 heteroatoms. The van der Waals surface area contributed by atoms with Crippen LogP contribution in [-0.2, 0) is 4.79 Å². The first-order valence-electron chi connectivity index (χ1n) is 3.45. The molecule has 0 heterocycles. The van der Waals surface area contributed by atoms with Crippen LogP contribution in [0.3, 0.4) is 0 Å². The highest BCUT2D eigenvalue weighted by molar-refractivity contribution is 6.30. The van der Waals surface area contributed by atoms with E-state index in [1.54, 1.807) is 6.07 Å². The largest absolute Gasteiger partial charge is 0.507 e. The molecule has 0 spiro atoms. The third-order valence-corrected chi connectivity index (χ3v) is 1.56. The van der Waals surface area contributed by atoms with Crippen LogP contribution in [0.15, 0.2) is 23.3 Å². The Hall–Kier alpha value is -1.55. The molecule has 0 radical (unpaired) electrons. The normalized spacial score (nSPS) is 10.2.